The summed E-state index contributed by atoms with van der Waals surface area (Å²) < 4.78 is 33.0. The van der Waals surface area contributed by atoms with Crippen molar-refractivity contribution in [3.63, 3.8) is 0 Å². The fourth-order valence-electron chi connectivity index (χ4n) is 3.34. The number of nitrogens with one attached hydrogen (secondary N) is 1. The Morgan fingerprint density at radius 2 is 1.94 bits per heavy atom. The maximum absolute atomic E-state index is 12.4. The van der Waals surface area contributed by atoms with E-state index in [9.17, 15) is 19.5 Å². The topological polar surface area (TPSA) is 143 Å². The molecule has 0 bridgehead atoms. The third-order valence-corrected chi connectivity index (χ3v) is 4.59. The van der Waals surface area contributed by atoms with E-state index in [-0.39, 0.29) is 19.8 Å². The fourth-order valence-corrected chi connectivity index (χ4v) is 3.34. The first-order chi connectivity index (χ1) is 15.3. The number of furan rings is 1. The first-order valence-electron chi connectivity index (χ1n) is 9.92. The standard InChI is InChI=1S/C21H25NO10/c1-11(24)28-17-8-18(20(26)27-10-22-3)32-21(19(17)29-12(2)25)31-16-6-4-5-15-14(16)7-13(9-23)30-15/h4-7,17-19,21-23H,8-10H2,1-3H3/t17-,18-,19+,21+/m0/s1. The van der Waals surface area contributed by atoms with Crippen molar-refractivity contribution in [1.82, 2.24) is 5.32 Å². The van der Waals surface area contributed by atoms with Crippen molar-refractivity contribution < 1.29 is 47.6 Å². The number of aliphatic hydroxyl groups is 1. The zero-order chi connectivity index (χ0) is 23.3. The van der Waals surface area contributed by atoms with Gasteiger partial charge in [0.05, 0.1) is 5.39 Å². The zero-order valence-corrected chi connectivity index (χ0v) is 17.9. The smallest absolute Gasteiger partial charge is 0.336 e. The van der Waals surface area contributed by atoms with Crippen LogP contribution in [0.15, 0.2) is 28.7 Å². The molecule has 2 heterocycles. The molecule has 0 radical (unpaired) electrons. The number of carbonyl (C=O) groups excluding carboxylic acids is 3. The Morgan fingerprint density at radius 3 is 2.59 bits per heavy atom. The Kier molecular flexibility index (Phi) is 7.67. The van der Waals surface area contributed by atoms with Crippen LogP contribution in [0.4, 0.5) is 0 Å². The van der Waals surface area contributed by atoms with Crippen molar-refractivity contribution in [2.75, 3.05) is 13.8 Å². The lowest BCUT2D eigenvalue weighted by atomic mass is 10.0. The lowest BCUT2D eigenvalue weighted by Crippen LogP contribution is -2.56. The number of benzene rings is 1. The molecular formula is C21H25NO10. The minimum absolute atomic E-state index is 0.0475. The molecule has 2 aromatic rings. The molecular weight excluding hydrogens is 426 g/mol. The predicted octanol–water partition coefficient (Wildman–Crippen LogP) is 1.00. The number of ether oxygens (including phenoxy) is 5. The van der Waals surface area contributed by atoms with Gasteiger partial charge in [0.1, 0.15) is 36.5 Å². The first-order valence-corrected chi connectivity index (χ1v) is 9.92. The van der Waals surface area contributed by atoms with Crippen molar-refractivity contribution in [1.29, 1.82) is 0 Å². The summed E-state index contributed by atoms with van der Waals surface area (Å²) in [4.78, 5) is 35.8. The van der Waals surface area contributed by atoms with Gasteiger partial charge in [-0.05, 0) is 25.2 Å². The van der Waals surface area contributed by atoms with Crippen LogP contribution < -0.4 is 10.1 Å². The number of hydrogen-bond donors (Lipinski definition) is 2. The number of carbonyl (C=O) groups is 3. The molecule has 0 saturated carbocycles. The van der Waals surface area contributed by atoms with Crippen LogP contribution in [0.1, 0.15) is 26.0 Å². The highest BCUT2D eigenvalue weighted by molar-refractivity contribution is 5.84. The summed E-state index contributed by atoms with van der Waals surface area (Å²) in [5.41, 5.74) is 0.452. The average molecular weight is 451 g/mol. The van der Waals surface area contributed by atoms with Crippen LogP contribution in [0, 0.1) is 0 Å². The largest absolute Gasteiger partial charge is 0.460 e. The van der Waals surface area contributed by atoms with Crippen LogP contribution in [0.25, 0.3) is 11.0 Å². The van der Waals surface area contributed by atoms with Crippen molar-refractivity contribution in [2.45, 2.75) is 51.5 Å². The van der Waals surface area contributed by atoms with Crippen molar-refractivity contribution in [3.8, 4) is 5.75 Å². The van der Waals surface area contributed by atoms with Gasteiger partial charge in [-0.1, -0.05) is 6.07 Å². The fraction of sp³-hybridized carbons (Fsp3) is 0.476. The van der Waals surface area contributed by atoms with Gasteiger partial charge < -0.3 is 33.2 Å². The van der Waals surface area contributed by atoms with Crippen LogP contribution in [-0.4, -0.2) is 61.4 Å². The third kappa shape index (κ3) is 5.55. The van der Waals surface area contributed by atoms with E-state index in [2.05, 4.69) is 5.32 Å². The minimum Gasteiger partial charge on any atom is -0.460 e. The van der Waals surface area contributed by atoms with Crippen molar-refractivity contribution in [2.24, 2.45) is 0 Å². The maximum atomic E-state index is 12.4. The SMILES string of the molecule is CNCOC(=O)[C@@H]1C[C@H](OC(C)=O)[C@@H](OC(C)=O)[C@H](Oc2cccc3oc(CO)cc23)O1. The molecule has 3 rings (SSSR count). The summed E-state index contributed by atoms with van der Waals surface area (Å²) in [6.45, 7) is 2.04. The maximum Gasteiger partial charge on any atom is 0.336 e. The lowest BCUT2D eigenvalue weighted by molar-refractivity contribution is -0.251. The Bertz CT molecular complexity index is 971. The quantitative estimate of drug-likeness (QED) is 0.337. The van der Waals surface area contributed by atoms with Gasteiger partial charge in [0.2, 0.25) is 12.4 Å². The Morgan fingerprint density at radius 1 is 1.19 bits per heavy atom. The molecule has 32 heavy (non-hydrogen) atoms. The number of hydrogen-bond acceptors (Lipinski definition) is 11. The molecule has 0 spiro atoms. The van der Waals surface area contributed by atoms with Crippen LogP contribution in [0.5, 0.6) is 5.75 Å². The van der Waals surface area contributed by atoms with Gasteiger partial charge >= 0.3 is 17.9 Å². The second-order valence-corrected chi connectivity index (χ2v) is 7.07. The molecule has 2 N–H and O–H groups in total. The Hall–Kier alpha value is -3.15. The summed E-state index contributed by atoms with van der Waals surface area (Å²) in [5.74, 6) is -1.36. The molecule has 0 amide bonds. The predicted molar refractivity (Wildman–Crippen MR) is 107 cm³/mol. The summed E-state index contributed by atoms with van der Waals surface area (Å²) in [6, 6.07) is 6.56. The zero-order valence-electron chi connectivity index (χ0n) is 17.9. The minimum atomic E-state index is -1.30. The molecule has 11 nitrogen and oxygen atoms in total. The van der Waals surface area contributed by atoms with E-state index >= 15 is 0 Å². The van der Waals surface area contributed by atoms with Crippen molar-refractivity contribution >= 4 is 28.9 Å². The van der Waals surface area contributed by atoms with Crippen molar-refractivity contribution in [3.05, 3.63) is 30.0 Å². The van der Waals surface area contributed by atoms with E-state index in [0.717, 1.165) is 0 Å². The van der Waals surface area contributed by atoms with E-state index in [4.69, 9.17) is 28.1 Å². The number of rotatable bonds is 8. The van der Waals surface area contributed by atoms with Crippen LogP contribution in [0.2, 0.25) is 0 Å². The van der Waals surface area contributed by atoms with E-state index in [1.54, 1.807) is 31.3 Å². The molecule has 1 aliphatic heterocycles. The van der Waals surface area contributed by atoms with Gasteiger partial charge in [-0.15, -0.1) is 0 Å². The average Bonchev–Trinajstić information content (AvgIpc) is 3.18. The second kappa shape index (κ2) is 10.4. The van der Waals surface area contributed by atoms with Gasteiger partial charge in [0.15, 0.2) is 6.10 Å². The molecule has 4 atom stereocenters. The Balaban J connectivity index is 1.94. The van der Waals surface area contributed by atoms with Crippen LogP contribution in [-0.2, 0) is 39.9 Å². The number of fused-ring (bicyclic) bond motifs is 1. The van der Waals surface area contributed by atoms with E-state index < -0.39 is 42.5 Å². The number of aliphatic hydroxyl groups excluding tert-OH is 1. The molecule has 1 fully saturated rings. The van der Waals surface area contributed by atoms with Gasteiger partial charge in [0, 0.05) is 20.3 Å². The highest BCUT2D eigenvalue weighted by Crippen LogP contribution is 2.33. The van der Waals surface area contributed by atoms with Gasteiger partial charge in [-0.3, -0.25) is 14.9 Å². The Labute approximate surface area is 183 Å². The second-order valence-electron chi connectivity index (χ2n) is 7.07. The molecule has 11 heteroatoms. The number of esters is 3. The molecule has 0 unspecified atom stereocenters. The molecule has 1 aliphatic rings. The summed E-state index contributed by atoms with van der Waals surface area (Å²) >= 11 is 0. The van der Waals surface area contributed by atoms with Crippen LogP contribution in [0.3, 0.4) is 0 Å². The summed E-state index contributed by atoms with van der Waals surface area (Å²) in [7, 11) is 1.60. The normalized spacial score (nSPS) is 22.9. The first kappa shape index (κ1) is 23.5. The van der Waals surface area contributed by atoms with Gasteiger partial charge in [-0.25, -0.2) is 4.79 Å². The molecule has 1 saturated heterocycles. The van der Waals surface area contributed by atoms with E-state index in [1.807, 2.05) is 0 Å². The van der Waals surface area contributed by atoms with E-state index in [0.29, 0.717) is 22.5 Å². The highest BCUT2D eigenvalue weighted by atomic mass is 16.7. The lowest BCUT2D eigenvalue weighted by Gasteiger charge is -2.39. The highest BCUT2D eigenvalue weighted by Gasteiger charge is 2.47. The third-order valence-electron chi connectivity index (χ3n) is 4.59. The molecule has 1 aromatic carbocycles. The molecule has 1 aromatic heterocycles. The molecule has 0 aliphatic carbocycles. The summed E-state index contributed by atoms with van der Waals surface area (Å²) in [6.07, 6.45) is -4.70. The van der Waals surface area contributed by atoms with Gasteiger partial charge in [-0.2, -0.15) is 0 Å². The van der Waals surface area contributed by atoms with E-state index in [1.165, 1.54) is 13.8 Å². The molecule has 174 valence electrons. The van der Waals surface area contributed by atoms with Crippen LogP contribution >= 0.6 is 0 Å². The monoisotopic (exact) mass is 451 g/mol. The van der Waals surface area contributed by atoms with Gasteiger partial charge in [0.25, 0.3) is 0 Å². The summed E-state index contributed by atoms with van der Waals surface area (Å²) in [5, 5.41) is 12.6.